The van der Waals surface area contributed by atoms with Crippen LogP contribution in [0.2, 0.25) is 5.02 Å². The average molecular weight is 280 g/mol. The molecule has 1 aliphatic rings. The number of nitrogens with one attached hydrogen (secondary N) is 1. The second kappa shape index (κ2) is 4.33. The molecule has 0 atom stereocenters. The lowest BCUT2D eigenvalue weighted by molar-refractivity contribution is -0.118. The Balaban J connectivity index is 1.82. The van der Waals surface area contributed by atoms with Crippen LogP contribution in [-0.4, -0.2) is 16.1 Å². The van der Waals surface area contributed by atoms with Crippen LogP contribution < -0.4 is 5.32 Å². The van der Waals surface area contributed by atoms with Crippen molar-refractivity contribution in [2.75, 3.05) is 5.32 Å². The van der Waals surface area contributed by atoms with Crippen LogP contribution in [0, 0.1) is 0 Å². The molecule has 0 bridgehead atoms. The fraction of sp³-hybridized carbons (Fsp3) is 0.250. The molecular formula is C12H10ClN3OS. The van der Waals surface area contributed by atoms with E-state index in [4.69, 9.17) is 11.6 Å². The first-order valence-corrected chi connectivity index (χ1v) is 6.80. The molecular weight excluding hydrogens is 270 g/mol. The van der Waals surface area contributed by atoms with E-state index in [0.29, 0.717) is 10.2 Å². The zero-order valence-corrected chi connectivity index (χ0v) is 11.0. The van der Waals surface area contributed by atoms with Gasteiger partial charge in [0, 0.05) is 5.02 Å². The van der Waals surface area contributed by atoms with Gasteiger partial charge in [0.2, 0.25) is 11.0 Å². The summed E-state index contributed by atoms with van der Waals surface area (Å²) in [5.41, 5.74) is 2.20. The molecule has 0 aliphatic heterocycles. The Hall–Kier alpha value is -1.46. The maximum absolute atomic E-state index is 12.3. The number of hydrogen-bond donors (Lipinski definition) is 1. The first-order valence-electron chi connectivity index (χ1n) is 5.54. The van der Waals surface area contributed by atoms with Crippen LogP contribution in [0.15, 0.2) is 29.8 Å². The number of carbonyl (C=O) groups is 1. The summed E-state index contributed by atoms with van der Waals surface area (Å²) in [6.45, 7) is 0. The minimum Gasteiger partial charge on any atom is -0.300 e. The lowest BCUT2D eigenvalue weighted by Crippen LogP contribution is -2.27. The van der Waals surface area contributed by atoms with Crippen LogP contribution in [0.3, 0.4) is 0 Å². The Kier molecular flexibility index (Phi) is 2.80. The van der Waals surface area contributed by atoms with Gasteiger partial charge in [0.15, 0.2) is 0 Å². The van der Waals surface area contributed by atoms with Crippen molar-refractivity contribution in [1.82, 2.24) is 10.2 Å². The standard InChI is InChI=1S/C12H10ClN3OS/c13-9-3-1-8(2-4-9)12(5-6-12)10(17)15-11-16-14-7-18-11/h1-4,7H,5-6H2,(H,15,16,17). The van der Waals surface area contributed by atoms with E-state index in [-0.39, 0.29) is 5.91 Å². The van der Waals surface area contributed by atoms with Gasteiger partial charge in [-0.15, -0.1) is 10.2 Å². The van der Waals surface area contributed by atoms with Crippen molar-refractivity contribution in [2.24, 2.45) is 0 Å². The predicted molar refractivity (Wildman–Crippen MR) is 70.9 cm³/mol. The molecule has 1 saturated carbocycles. The summed E-state index contributed by atoms with van der Waals surface area (Å²) in [5.74, 6) is -0.0124. The van der Waals surface area contributed by atoms with Crippen LogP contribution in [-0.2, 0) is 10.2 Å². The Morgan fingerprint density at radius 3 is 2.61 bits per heavy atom. The highest BCUT2D eigenvalue weighted by Crippen LogP contribution is 2.49. The number of nitrogens with zero attached hydrogens (tertiary/aromatic N) is 2. The van der Waals surface area contributed by atoms with E-state index < -0.39 is 5.41 Å². The number of halogens is 1. The molecule has 92 valence electrons. The van der Waals surface area contributed by atoms with Crippen molar-refractivity contribution < 1.29 is 4.79 Å². The van der Waals surface area contributed by atoms with Crippen molar-refractivity contribution >= 4 is 34.0 Å². The van der Waals surface area contributed by atoms with Gasteiger partial charge in [0.05, 0.1) is 5.41 Å². The molecule has 1 aliphatic carbocycles. The quantitative estimate of drug-likeness (QED) is 0.940. The van der Waals surface area contributed by atoms with E-state index in [9.17, 15) is 4.79 Å². The molecule has 18 heavy (non-hydrogen) atoms. The Labute approximate surface area is 113 Å². The summed E-state index contributed by atoms with van der Waals surface area (Å²) in [7, 11) is 0. The summed E-state index contributed by atoms with van der Waals surface area (Å²) in [6, 6.07) is 7.45. The number of anilines is 1. The van der Waals surface area contributed by atoms with Crippen LogP contribution in [0.25, 0.3) is 0 Å². The Morgan fingerprint density at radius 2 is 2.06 bits per heavy atom. The summed E-state index contributed by atoms with van der Waals surface area (Å²) in [5, 5.41) is 11.6. The molecule has 1 heterocycles. The molecule has 4 nitrogen and oxygen atoms in total. The third kappa shape index (κ3) is 2.00. The van der Waals surface area contributed by atoms with E-state index in [1.165, 1.54) is 11.3 Å². The zero-order chi connectivity index (χ0) is 12.6. The highest BCUT2D eigenvalue weighted by Gasteiger charge is 2.51. The Bertz CT molecular complexity index is 564. The monoisotopic (exact) mass is 279 g/mol. The van der Waals surface area contributed by atoms with E-state index in [0.717, 1.165) is 18.4 Å². The number of carbonyl (C=O) groups excluding carboxylic acids is 1. The molecule has 6 heteroatoms. The number of rotatable bonds is 3. The van der Waals surface area contributed by atoms with Crippen molar-refractivity contribution in [3.8, 4) is 0 Å². The van der Waals surface area contributed by atoms with Gasteiger partial charge in [-0.1, -0.05) is 35.1 Å². The summed E-state index contributed by atoms with van der Waals surface area (Å²) >= 11 is 7.18. The van der Waals surface area contributed by atoms with Crippen LogP contribution >= 0.6 is 22.9 Å². The fourth-order valence-electron chi connectivity index (χ4n) is 1.99. The number of amides is 1. The molecule has 1 amide bonds. The summed E-state index contributed by atoms with van der Waals surface area (Å²) in [4.78, 5) is 12.3. The minimum absolute atomic E-state index is 0.0124. The topological polar surface area (TPSA) is 54.9 Å². The van der Waals surface area contributed by atoms with Gasteiger partial charge >= 0.3 is 0 Å². The molecule has 1 fully saturated rings. The number of hydrogen-bond acceptors (Lipinski definition) is 4. The number of benzene rings is 1. The van der Waals surface area contributed by atoms with Gasteiger partial charge in [0.1, 0.15) is 5.51 Å². The first kappa shape index (κ1) is 11.6. The van der Waals surface area contributed by atoms with E-state index >= 15 is 0 Å². The minimum atomic E-state index is -0.406. The largest absolute Gasteiger partial charge is 0.300 e. The summed E-state index contributed by atoms with van der Waals surface area (Å²) < 4.78 is 0. The lowest BCUT2D eigenvalue weighted by atomic mass is 9.95. The summed E-state index contributed by atoms with van der Waals surface area (Å²) in [6.07, 6.45) is 1.72. The maximum atomic E-state index is 12.3. The molecule has 1 N–H and O–H groups in total. The smallest absolute Gasteiger partial charge is 0.236 e. The third-order valence-electron chi connectivity index (χ3n) is 3.16. The van der Waals surface area contributed by atoms with Crippen molar-refractivity contribution in [3.05, 3.63) is 40.4 Å². The van der Waals surface area contributed by atoms with Crippen LogP contribution in [0.1, 0.15) is 18.4 Å². The van der Waals surface area contributed by atoms with Crippen molar-refractivity contribution in [2.45, 2.75) is 18.3 Å². The molecule has 2 aromatic rings. The number of aromatic nitrogens is 2. The molecule has 0 spiro atoms. The van der Waals surface area contributed by atoms with E-state index in [1.54, 1.807) is 5.51 Å². The third-order valence-corrected chi connectivity index (χ3v) is 4.02. The first-order chi connectivity index (χ1) is 8.71. The molecule has 0 saturated heterocycles. The van der Waals surface area contributed by atoms with Gasteiger partial charge in [-0.2, -0.15) is 0 Å². The predicted octanol–water partition coefficient (Wildman–Crippen LogP) is 2.86. The second-order valence-corrected chi connectivity index (χ2v) is 5.56. The zero-order valence-electron chi connectivity index (χ0n) is 9.39. The van der Waals surface area contributed by atoms with Gasteiger partial charge in [-0.05, 0) is 30.5 Å². The van der Waals surface area contributed by atoms with Crippen LogP contribution in [0.4, 0.5) is 5.13 Å². The van der Waals surface area contributed by atoms with E-state index in [2.05, 4.69) is 15.5 Å². The maximum Gasteiger partial charge on any atom is 0.236 e. The highest BCUT2D eigenvalue weighted by atomic mass is 35.5. The van der Waals surface area contributed by atoms with Crippen molar-refractivity contribution in [3.63, 3.8) is 0 Å². The van der Waals surface area contributed by atoms with Gasteiger partial charge in [0.25, 0.3) is 0 Å². The van der Waals surface area contributed by atoms with Gasteiger partial charge in [-0.3, -0.25) is 10.1 Å². The van der Waals surface area contributed by atoms with Crippen molar-refractivity contribution in [1.29, 1.82) is 0 Å². The average Bonchev–Trinajstić information content (AvgIpc) is 3.03. The van der Waals surface area contributed by atoms with E-state index in [1.807, 2.05) is 24.3 Å². The molecule has 1 aromatic carbocycles. The molecule has 3 rings (SSSR count). The fourth-order valence-corrected chi connectivity index (χ4v) is 2.55. The molecule has 1 aromatic heterocycles. The molecule has 0 radical (unpaired) electrons. The second-order valence-electron chi connectivity index (χ2n) is 4.29. The van der Waals surface area contributed by atoms with Crippen LogP contribution in [0.5, 0.6) is 0 Å². The lowest BCUT2D eigenvalue weighted by Gasteiger charge is -2.14. The van der Waals surface area contributed by atoms with Gasteiger partial charge < -0.3 is 0 Å². The highest BCUT2D eigenvalue weighted by molar-refractivity contribution is 7.13. The normalized spacial score (nSPS) is 16.3. The van der Waals surface area contributed by atoms with Gasteiger partial charge in [-0.25, -0.2) is 0 Å². The molecule has 0 unspecified atom stereocenters. The Morgan fingerprint density at radius 1 is 1.33 bits per heavy atom. The SMILES string of the molecule is O=C(Nc1nncs1)C1(c2ccc(Cl)cc2)CC1.